The van der Waals surface area contributed by atoms with Crippen molar-refractivity contribution in [2.75, 3.05) is 11.9 Å². The molecule has 164 valence electrons. The number of amides is 1. The van der Waals surface area contributed by atoms with Gasteiger partial charge in [-0.05, 0) is 42.8 Å². The summed E-state index contributed by atoms with van der Waals surface area (Å²) in [6, 6.07) is 15.2. The number of carbonyl (C=O) groups is 1. The summed E-state index contributed by atoms with van der Waals surface area (Å²) in [5.41, 5.74) is 2.51. The zero-order chi connectivity index (χ0) is 22.2. The SMILES string of the molecule is CCNC(=NCc1cccc(NC(=O)Cn2cccn2)c1)NCc1nnc2ccccn12. The van der Waals surface area contributed by atoms with Gasteiger partial charge in [0.2, 0.25) is 5.91 Å². The van der Waals surface area contributed by atoms with Crippen LogP contribution in [0.15, 0.2) is 72.1 Å². The van der Waals surface area contributed by atoms with Gasteiger partial charge in [-0.2, -0.15) is 5.10 Å². The first-order chi connectivity index (χ1) is 15.7. The van der Waals surface area contributed by atoms with E-state index in [0.717, 1.165) is 29.3 Å². The first-order valence-electron chi connectivity index (χ1n) is 10.4. The van der Waals surface area contributed by atoms with Gasteiger partial charge in [0.1, 0.15) is 6.54 Å². The standard InChI is InChI=1S/C22H25N9O/c1-2-23-22(25-15-20-29-28-19-9-3-4-12-31(19)20)24-14-17-7-5-8-18(13-17)27-21(32)16-30-11-6-10-26-30/h3-13H,2,14-16H2,1H3,(H,27,32)(H2,23,24,25). The summed E-state index contributed by atoms with van der Waals surface area (Å²) in [6.45, 7) is 3.86. The normalized spacial score (nSPS) is 11.5. The molecule has 0 bridgehead atoms. The van der Waals surface area contributed by atoms with Crippen LogP contribution in [0, 0.1) is 0 Å². The molecule has 10 nitrogen and oxygen atoms in total. The molecule has 3 heterocycles. The minimum atomic E-state index is -0.134. The van der Waals surface area contributed by atoms with Crippen LogP contribution in [0.25, 0.3) is 5.65 Å². The predicted octanol–water partition coefficient (Wildman–Crippen LogP) is 1.82. The van der Waals surface area contributed by atoms with E-state index < -0.39 is 0 Å². The number of nitrogens with one attached hydrogen (secondary N) is 3. The second kappa shape index (κ2) is 10.2. The Kier molecular flexibility index (Phi) is 6.71. The average molecular weight is 432 g/mol. The Morgan fingerprint density at radius 3 is 2.84 bits per heavy atom. The van der Waals surface area contributed by atoms with E-state index in [2.05, 4.69) is 36.2 Å². The van der Waals surface area contributed by atoms with Crippen LogP contribution in [0.1, 0.15) is 18.3 Å². The van der Waals surface area contributed by atoms with Gasteiger partial charge in [0.25, 0.3) is 0 Å². The van der Waals surface area contributed by atoms with E-state index in [1.54, 1.807) is 23.1 Å². The molecule has 1 amide bonds. The molecule has 32 heavy (non-hydrogen) atoms. The maximum atomic E-state index is 12.2. The Bertz CT molecular complexity index is 1200. The number of fused-ring (bicyclic) bond motifs is 1. The largest absolute Gasteiger partial charge is 0.357 e. The highest BCUT2D eigenvalue weighted by Gasteiger charge is 2.07. The lowest BCUT2D eigenvalue weighted by Gasteiger charge is -2.11. The van der Waals surface area contributed by atoms with Crippen LogP contribution < -0.4 is 16.0 Å². The number of anilines is 1. The smallest absolute Gasteiger partial charge is 0.246 e. The molecule has 4 rings (SSSR count). The van der Waals surface area contributed by atoms with E-state index in [1.807, 2.05) is 60.0 Å². The van der Waals surface area contributed by atoms with Crippen molar-refractivity contribution in [1.82, 2.24) is 35.0 Å². The summed E-state index contributed by atoms with van der Waals surface area (Å²) in [5, 5.41) is 21.9. The summed E-state index contributed by atoms with van der Waals surface area (Å²) in [4.78, 5) is 16.9. The Morgan fingerprint density at radius 1 is 1.06 bits per heavy atom. The molecular weight excluding hydrogens is 406 g/mol. The van der Waals surface area contributed by atoms with Gasteiger partial charge in [-0.25, -0.2) is 4.99 Å². The van der Waals surface area contributed by atoms with Gasteiger partial charge in [0, 0.05) is 30.8 Å². The fourth-order valence-electron chi connectivity index (χ4n) is 3.18. The summed E-state index contributed by atoms with van der Waals surface area (Å²) in [5.74, 6) is 1.34. The van der Waals surface area contributed by atoms with Crippen molar-refractivity contribution in [3.05, 3.63) is 78.5 Å². The molecule has 0 aliphatic rings. The Morgan fingerprint density at radius 2 is 2.00 bits per heavy atom. The molecule has 0 unspecified atom stereocenters. The van der Waals surface area contributed by atoms with E-state index in [4.69, 9.17) is 0 Å². The predicted molar refractivity (Wildman–Crippen MR) is 122 cm³/mol. The van der Waals surface area contributed by atoms with Crippen LogP contribution in [0.3, 0.4) is 0 Å². The first kappa shape index (κ1) is 21.0. The zero-order valence-electron chi connectivity index (χ0n) is 17.8. The van der Waals surface area contributed by atoms with Gasteiger partial charge in [-0.15, -0.1) is 10.2 Å². The number of hydrogen-bond acceptors (Lipinski definition) is 5. The van der Waals surface area contributed by atoms with Crippen molar-refractivity contribution in [1.29, 1.82) is 0 Å². The second-order valence-electron chi connectivity index (χ2n) is 7.05. The number of carbonyl (C=O) groups excluding carboxylic acids is 1. The number of aliphatic imine (C=N–C) groups is 1. The minimum Gasteiger partial charge on any atom is -0.357 e. The van der Waals surface area contributed by atoms with Gasteiger partial charge in [0.15, 0.2) is 17.4 Å². The maximum absolute atomic E-state index is 12.2. The number of aromatic nitrogens is 5. The minimum absolute atomic E-state index is 0.134. The van der Waals surface area contributed by atoms with Crippen LogP contribution in [-0.4, -0.2) is 42.8 Å². The monoisotopic (exact) mass is 431 g/mol. The fraction of sp³-hybridized carbons (Fsp3) is 0.227. The molecule has 0 saturated carbocycles. The number of pyridine rings is 1. The molecule has 10 heteroatoms. The number of nitrogens with zero attached hydrogens (tertiary/aromatic N) is 6. The quantitative estimate of drug-likeness (QED) is 0.290. The Balaban J connectivity index is 1.37. The number of hydrogen-bond donors (Lipinski definition) is 3. The Hall–Kier alpha value is -4.21. The highest BCUT2D eigenvalue weighted by atomic mass is 16.2. The molecule has 0 saturated heterocycles. The van der Waals surface area contributed by atoms with Gasteiger partial charge in [-0.3, -0.25) is 13.9 Å². The summed E-state index contributed by atoms with van der Waals surface area (Å²) < 4.78 is 3.52. The van der Waals surface area contributed by atoms with Crippen molar-refractivity contribution in [2.45, 2.75) is 26.6 Å². The lowest BCUT2D eigenvalue weighted by atomic mass is 10.2. The molecule has 0 aliphatic heterocycles. The molecule has 0 spiro atoms. The molecule has 0 radical (unpaired) electrons. The third-order valence-corrected chi connectivity index (χ3v) is 4.64. The van der Waals surface area contributed by atoms with Gasteiger partial charge in [-0.1, -0.05) is 18.2 Å². The molecule has 0 atom stereocenters. The highest BCUT2D eigenvalue weighted by molar-refractivity contribution is 5.90. The Labute approximate surface area is 185 Å². The van der Waals surface area contributed by atoms with Crippen LogP contribution in [0.4, 0.5) is 5.69 Å². The zero-order valence-corrected chi connectivity index (χ0v) is 17.8. The van der Waals surface area contributed by atoms with Crippen LogP contribution in [0.2, 0.25) is 0 Å². The van der Waals surface area contributed by atoms with Gasteiger partial charge in [0.05, 0.1) is 13.1 Å². The molecule has 0 aliphatic carbocycles. The molecular formula is C22H25N9O. The number of rotatable bonds is 8. The molecule has 0 fully saturated rings. The molecule has 3 N–H and O–H groups in total. The van der Waals surface area contributed by atoms with Crippen molar-refractivity contribution in [2.24, 2.45) is 4.99 Å². The highest BCUT2D eigenvalue weighted by Crippen LogP contribution is 2.12. The average Bonchev–Trinajstić information content (AvgIpc) is 3.46. The lowest BCUT2D eigenvalue weighted by Crippen LogP contribution is -2.37. The van der Waals surface area contributed by atoms with E-state index in [0.29, 0.717) is 19.0 Å². The molecule has 4 aromatic rings. The van der Waals surface area contributed by atoms with E-state index in [9.17, 15) is 4.79 Å². The van der Waals surface area contributed by atoms with Gasteiger partial charge >= 0.3 is 0 Å². The maximum Gasteiger partial charge on any atom is 0.246 e. The summed E-state index contributed by atoms with van der Waals surface area (Å²) >= 11 is 0. The number of benzene rings is 1. The van der Waals surface area contributed by atoms with Crippen molar-refractivity contribution >= 4 is 23.2 Å². The van der Waals surface area contributed by atoms with Crippen molar-refractivity contribution < 1.29 is 4.79 Å². The summed E-state index contributed by atoms with van der Waals surface area (Å²) in [6.07, 6.45) is 5.33. The first-order valence-corrected chi connectivity index (χ1v) is 10.4. The van der Waals surface area contributed by atoms with Crippen LogP contribution in [-0.2, 0) is 24.4 Å². The topological polar surface area (TPSA) is 114 Å². The van der Waals surface area contributed by atoms with Crippen LogP contribution in [0.5, 0.6) is 0 Å². The van der Waals surface area contributed by atoms with E-state index in [-0.39, 0.29) is 12.5 Å². The molecule has 1 aromatic carbocycles. The van der Waals surface area contributed by atoms with E-state index >= 15 is 0 Å². The second-order valence-corrected chi connectivity index (χ2v) is 7.05. The third kappa shape index (κ3) is 5.48. The number of guanidine groups is 1. The van der Waals surface area contributed by atoms with Gasteiger partial charge < -0.3 is 16.0 Å². The lowest BCUT2D eigenvalue weighted by molar-refractivity contribution is -0.116. The van der Waals surface area contributed by atoms with Crippen molar-refractivity contribution in [3.63, 3.8) is 0 Å². The fourth-order valence-corrected chi connectivity index (χ4v) is 3.18. The van der Waals surface area contributed by atoms with Crippen LogP contribution >= 0.6 is 0 Å². The third-order valence-electron chi connectivity index (χ3n) is 4.64. The molecule has 3 aromatic heterocycles. The summed E-state index contributed by atoms with van der Waals surface area (Å²) in [7, 11) is 0. The van der Waals surface area contributed by atoms with E-state index in [1.165, 1.54) is 0 Å². The van der Waals surface area contributed by atoms with Crippen molar-refractivity contribution in [3.8, 4) is 0 Å².